The van der Waals surface area contributed by atoms with Crippen LogP contribution in [0.3, 0.4) is 0 Å². The molecule has 2 aromatic carbocycles. The largest absolute Gasteiger partial charge is 0.242 e. The van der Waals surface area contributed by atoms with Gasteiger partial charge in [0.2, 0.25) is 0 Å². The molecule has 0 amide bonds. The van der Waals surface area contributed by atoms with Gasteiger partial charge in [0.25, 0.3) is 0 Å². The van der Waals surface area contributed by atoms with Crippen LogP contribution in [-0.2, 0) is 11.0 Å². The molecule has 0 radical (unpaired) electrons. The molecule has 4 heteroatoms. The van der Waals surface area contributed by atoms with Gasteiger partial charge in [0.05, 0.1) is 10.8 Å². The Morgan fingerprint density at radius 1 is 0.721 bits per heavy atom. The van der Waals surface area contributed by atoms with Gasteiger partial charge in [0.1, 0.15) is 11.0 Å². The molecular formula is C39H62NOPS. The first-order valence-electron chi connectivity index (χ1n) is 17.5. The zero-order valence-electron chi connectivity index (χ0n) is 29.2. The quantitative estimate of drug-likeness (QED) is 0.241. The first-order valence-corrected chi connectivity index (χ1v) is 20.1. The van der Waals surface area contributed by atoms with Crippen LogP contribution in [0.4, 0.5) is 0 Å². The third-order valence-electron chi connectivity index (χ3n) is 10.0. The zero-order chi connectivity index (χ0) is 31.5. The highest BCUT2D eigenvalue weighted by atomic mass is 32.2. The third kappa shape index (κ3) is 8.04. The monoisotopic (exact) mass is 623 g/mol. The molecule has 0 spiro atoms. The predicted molar refractivity (Wildman–Crippen MR) is 193 cm³/mol. The highest BCUT2D eigenvalue weighted by Gasteiger charge is 2.39. The van der Waals surface area contributed by atoms with Gasteiger partial charge >= 0.3 is 0 Å². The van der Waals surface area contributed by atoms with E-state index in [1.807, 2.05) is 0 Å². The van der Waals surface area contributed by atoms with E-state index in [9.17, 15) is 4.21 Å². The van der Waals surface area contributed by atoms with Crippen molar-refractivity contribution in [3.8, 4) is 0 Å². The van der Waals surface area contributed by atoms with Crippen molar-refractivity contribution in [1.29, 1.82) is 0 Å². The Balaban J connectivity index is 2.03. The van der Waals surface area contributed by atoms with Gasteiger partial charge in [-0.3, -0.25) is 0 Å². The fourth-order valence-corrected chi connectivity index (χ4v) is 13.0. The minimum atomic E-state index is -1.16. The van der Waals surface area contributed by atoms with E-state index in [0.29, 0.717) is 17.8 Å². The van der Waals surface area contributed by atoms with Crippen molar-refractivity contribution >= 4 is 24.2 Å². The molecule has 2 fully saturated rings. The molecule has 2 aliphatic rings. The van der Waals surface area contributed by atoms with E-state index >= 15 is 0 Å². The van der Waals surface area contributed by atoms with Crippen LogP contribution in [0.2, 0.25) is 0 Å². The predicted octanol–water partition coefficient (Wildman–Crippen LogP) is 11.3. The number of rotatable bonds is 10. The molecule has 0 aromatic heterocycles. The van der Waals surface area contributed by atoms with Crippen LogP contribution in [-0.4, -0.2) is 31.6 Å². The molecule has 0 bridgehead atoms. The van der Waals surface area contributed by atoms with E-state index in [2.05, 4.69) is 110 Å². The van der Waals surface area contributed by atoms with Crippen LogP contribution in [0.5, 0.6) is 0 Å². The van der Waals surface area contributed by atoms with E-state index in [-0.39, 0.29) is 18.7 Å². The van der Waals surface area contributed by atoms with Crippen molar-refractivity contribution in [1.82, 2.24) is 4.31 Å². The number of benzene rings is 2. The maximum atomic E-state index is 14.4. The van der Waals surface area contributed by atoms with Gasteiger partial charge < -0.3 is 0 Å². The lowest BCUT2D eigenvalue weighted by atomic mass is 9.80. The third-order valence-corrected chi connectivity index (χ3v) is 15.4. The highest BCUT2D eigenvalue weighted by Crippen LogP contribution is 2.56. The maximum Gasteiger partial charge on any atom is 0.100 e. The summed E-state index contributed by atoms with van der Waals surface area (Å²) in [6.07, 6.45) is 13.9. The number of hydrogen-bond donors (Lipinski definition) is 0. The smallest absolute Gasteiger partial charge is 0.100 e. The standard InChI is InChI=1S/C39H62NOPS/c1-27(2)30-25-34(28(3)4)37(35(26-30)29(5)6)38(40(10)43(41)39(7,8)9)33-23-17-18-24-36(33)42(31-19-13-11-14-20-31)32-21-15-12-16-22-32/h17-18,23-29,31-32,38H,11-16,19-22H2,1-10H3/t38-,43-/m1/s1. The minimum absolute atomic E-state index is 0.0375. The van der Waals surface area contributed by atoms with Gasteiger partial charge in [-0.1, -0.05) is 124 Å². The Hall–Kier alpha value is -1.02. The van der Waals surface area contributed by atoms with Crippen molar-refractivity contribution in [2.24, 2.45) is 0 Å². The van der Waals surface area contributed by atoms with Gasteiger partial charge in [0.15, 0.2) is 0 Å². The molecule has 0 heterocycles. The fourth-order valence-electron chi connectivity index (χ4n) is 7.75. The van der Waals surface area contributed by atoms with Crippen LogP contribution >= 0.6 is 7.92 Å². The van der Waals surface area contributed by atoms with Gasteiger partial charge in [-0.15, -0.1) is 0 Å². The van der Waals surface area contributed by atoms with Crippen molar-refractivity contribution < 1.29 is 4.21 Å². The first kappa shape index (κ1) is 34.8. The van der Waals surface area contributed by atoms with Crippen LogP contribution < -0.4 is 5.30 Å². The van der Waals surface area contributed by atoms with Crippen LogP contribution in [0.15, 0.2) is 36.4 Å². The van der Waals surface area contributed by atoms with Crippen molar-refractivity contribution in [3.05, 3.63) is 64.2 Å². The Kier molecular flexibility index (Phi) is 12.2. The number of hydrogen-bond acceptors (Lipinski definition) is 1. The molecule has 2 nitrogen and oxygen atoms in total. The Labute approximate surface area is 269 Å². The zero-order valence-corrected chi connectivity index (χ0v) is 30.9. The van der Waals surface area contributed by atoms with Crippen molar-refractivity contribution in [2.45, 2.75) is 166 Å². The van der Waals surface area contributed by atoms with Gasteiger partial charge in [0, 0.05) is 7.05 Å². The average Bonchev–Trinajstić information content (AvgIpc) is 2.98. The topological polar surface area (TPSA) is 20.3 Å². The maximum absolute atomic E-state index is 14.4. The lowest BCUT2D eigenvalue weighted by Gasteiger charge is -2.42. The average molecular weight is 624 g/mol. The van der Waals surface area contributed by atoms with Gasteiger partial charge in [-0.05, 0) is 109 Å². The molecule has 2 saturated carbocycles. The summed E-state index contributed by atoms with van der Waals surface area (Å²) in [5.74, 6) is 1.24. The summed E-state index contributed by atoms with van der Waals surface area (Å²) in [4.78, 5) is 0. The summed E-state index contributed by atoms with van der Waals surface area (Å²) in [6.45, 7) is 20.5. The Morgan fingerprint density at radius 2 is 1.19 bits per heavy atom. The molecule has 0 N–H and O–H groups in total. The molecule has 2 aromatic rings. The molecule has 0 saturated heterocycles. The van der Waals surface area contributed by atoms with Gasteiger partial charge in [-0.25, -0.2) is 8.51 Å². The Morgan fingerprint density at radius 3 is 1.60 bits per heavy atom. The first-order chi connectivity index (χ1) is 20.3. The SMILES string of the molecule is CC(C)c1cc(C(C)C)c([C@@H](c2ccccc2P(C2CCCCC2)C2CCCCC2)N(C)[S@](=O)C(C)(C)C)c(C(C)C)c1. The van der Waals surface area contributed by atoms with E-state index in [4.69, 9.17) is 0 Å². The highest BCUT2D eigenvalue weighted by molar-refractivity contribution is 7.84. The summed E-state index contributed by atoms with van der Waals surface area (Å²) in [5.41, 5.74) is 8.80. The molecule has 43 heavy (non-hydrogen) atoms. The second-order valence-corrected chi connectivity index (χ2v) is 20.5. The molecule has 0 aliphatic heterocycles. The van der Waals surface area contributed by atoms with Gasteiger partial charge in [-0.2, -0.15) is 0 Å². The molecule has 240 valence electrons. The lowest BCUT2D eigenvalue weighted by Crippen LogP contribution is -2.40. The second kappa shape index (κ2) is 15.0. The molecule has 2 aliphatic carbocycles. The van der Waals surface area contributed by atoms with Crippen molar-refractivity contribution in [3.63, 3.8) is 0 Å². The number of nitrogens with zero attached hydrogens (tertiary/aromatic N) is 1. The summed E-state index contributed by atoms with van der Waals surface area (Å²) in [5, 5.41) is 1.62. The van der Waals surface area contributed by atoms with Crippen LogP contribution in [0.25, 0.3) is 0 Å². The summed E-state index contributed by atoms with van der Waals surface area (Å²) in [6, 6.07) is 14.5. The molecule has 2 atom stereocenters. The lowest BCUT2D eigenvalue weighted by molar-refractivity contribution is 0.434. The van der Waals surface area contributed by atoms with E-state index < -0.39 is 11.0 Å². The Bertz CT molecular complexity index is 1170. The van der Waals surface area contributed by atoms with Crippen LogP contribution in [0, 0.1) is 0 Å². The fraction of sp³-hybridized carbons (Fsp3) is 0.692. The normalized spacial score (nSPS) is 19.2. The summed E-state index contributed by atoms with van der Waals surface area (Å²) >= 11 is 0. The van der Waals surface area contributed by atoms with Crippen LogP contribution in [0.1, 0.15) is 178 Å². The molecule has 4 rings (SSSR count). The molecule has 0 unspecified atom stereocenters. The summed E-state index contributed by atoms with van der Waals surface area (Å²) < 4.78 is 16.3. The van der Waals surface area contributed by atoms with Crippen molar-refractivity contribution in [2.75, 3.05) is 7.05 Å². The van der Waals surface area contributed by atoms with E-state index in [1.54, 1.807) is 5.30 Å². The molecular weight excluding hydrogens is 561 g/mol. The second-order valence-electron chi connectivity index (χ2n) is 15.4. The summed E-state index contributed by atoms with van der Waals surface area (Å²) in [7, 11) is 0.689. The minimum Gasteiger partial charge on any atom is -0.242 e. The van der Waals surface area contributed by atoms with E-state index in [1.165, 1.54) is 92.0 Å². The van der Waals surface area contributed by atoms with E-state index in [0.717, 1.165) is 11.3 Å².